The Bertz CT molecular complexity index is 1050. The molecule has 1 aromatic carbocycles. The summed E-state index contributed by atoms with van der Waals surface area (Å²) in [5, 5.41) is 6.30. The molecule has 1 amide bonds. The van der Waals surface area contributed by atoms with Gasteiger partial charge in [-0.2, -0.15) is 4.98 Å². The fraction of sp³-hybridized carbons (Fsp3) is 0.385. The molecule has 0 radical (unpaired) electrons. The van der Waals surface area contributed by atoms with Crippen molar-refractivity contribution >= 4 is 17.7 Å². The molecule has 2 N–H and O–H groups in total. The van der Waals surface area contributed by atoms with E-state index >= 15 is 0 Å². The minimum absolute atomic E-state index is 0.200. The molecule has 0 aliphatic carbocycles. The van der Waals surface area contributed by atoms with Crippen molar-refractivity contribution in [1.29, 1.82) is 0 Å². The highest BCUT2D eigenvalue weighted by molar-refractivity contribution is 5.98. The molecular weight excluding hydrogens is 426 g/mol. The molecule has 1 fully saturated rings. The van der Waals surface area contributed by atoms with Crippen molar-refractivity contribution in [3.8, 4) is 0 Å². The first-order chi connectivity index (χ1) is 16.6. The summed E-state index contributed by atoms with van der Waals surface area (Å²) in [5.41, 5.74) is 2.73. The van der Waals surface area contributed by atoms with Gasteiger partial charge in [-0.3, -0.25) is 14.7 Å². The van der Waals surface area contributed by atoms with Crippen LogP contribution in [-0.4, -0.2) is 58.5 Å². The SMILES string of the molecule is CC(C)CNc1nc(N2CCN(Cc3ccccc3)CC2)ncc1C(=O)NCc1cccnc1. The summed E-state index contributed by atoms with van der Waals surface area (Å²) in [4.78, 5) is 31.0. The largest absolute Gasteiger partial charge is 0.369 e. The molecule has 3 heterocycles. The fourth-order valence-electron chi connectivity index (χ4n) is 3.85. The topological polar surface area (TPSA) is 86.3 Å². The highest BCUT2D eigenvalue weighted by atomic mass is 16.1. The summed E-state index contributed by atoms with van der Waals surface area (Å²) in [6.45, 7) is 9.93. The Hall–Kier alpha value is -3.52. The maximum absolute atomic E-state index is 12.9. The summed E-state index contributed by atoms with van der Waals surface area (Å²) >= 11 is 0. The average molecular weight is 460 g/mol. The van der Waals surface area contributed by atoms with E-state index in [0.29, 0.717) is 29.8 Å². The third kappa shape index (κ3) is 6.51. The van der Waals surface area contributed by atoms with Crippen LogP contribution in [0.1, 0.15) is 35.3 Å². The van der Waals surface area contributed by atoms with Gasteiger partial charge in [-0.1, -0.05) is 50.2 Å². The van der Waals surface area contributed by atoms with Gasteiger partial charge < -0.3 is 15.5 Å². The first kappa shape index (κ1) is 23.6. The summed E-state index contributed by atoms with van der Waals surface area (Å²) in [7, 11) is 0. The number of rotatable bonds is 9. The second-order valence-corrected chi connectivity index (χ2v) is 9.00. The predicted molar refractivity (Wildman–Crippen MR) is 135 cm³/mol. The predicted octanol–water partition coefficient (Wildman–Crippen LogP) is 3.19. The lowest BCUT2D eigenvalue weighted by Crippen LogP contribution is -2.46. The van der Waals surface area contributed by atoms with Crippen molar-refractivity contribution in [3.05, 3.63) is 77.7 Å². The van der Waals surface area contributed by atoms with Gasteiger partial charge in [-0.25, -0.2) is 4.98 Å². The number of carbonyl (C=O) groups excluding carboxylic acids is 1. The molecule has 1 saturated heterocycles. The van der Waals surface area contributed by atoms with Crippen LogP contribution in [0.25, 0.3) is 0 Å². The maximum Gasteiger partial charge on any atom is 0.256 e. The van der Waals surface area contributed by atoms with E-state index in [2.05, 4.69) is 68.5 Å². The molecule has 0 atom stereocenters. The number of hydrogen-bond donors (Lipinski definition) is 2. The van der Waals surface area contributed by atoms with E-state index in [1.54, 1.807) is 18.6 Å². The smallest absolute Gasteiger partial charge is 0.256 e. The summed E-state index contributed by atoms with van der Waals surface area (Å²) in [6, 6.07) is 14.3. The van der Waals surface area contributed by atoms with Crippen molar-refractivity contribution in [2.45, 2.75) is 26.9 Å². The number of carbonyl (C=O) groups is 1. The second kappa shape index (κ2) is 11.6. The summed E-state index contributed by atoms with van der Waals surface area (Å²) in [6.07, 6.45) is 5.10. The zero-order chi connectivity index (χ0) is 23.8. The molecule has 4 rings (SSSR count). The zero-order valence-electron chi connectivity index (χ0n) is 19.9. The van der Waals surface area contributed by atoms with Gasteiger partial charge >= 0.3 is 0 Å². The van der Waals surface area contributed by atoms with Gasteiger partial charge in [0.05, 0.1) is 0 Å². The number of hydrogen-bond acceptors (Lipinski definition) is 7. The number of benzene rings is 1. The number of piperazine rings is 1. The van der Waals surface area contributed by atoms with Gasteiger partial charge in [0.1, 0.15) is 11.4 Å². The molecule has 178 valence electrons. The van der Waals surface area contributed by atoms with E-state index in [4.69, 9.17) is 4.98 Å². The Balaban J connectivity index is 1.41. The third-order valence-electron chi connectivity index (χ3n) is 5.78. The van der Waals surface area contributed by atoms with E-state index < -0.39 is 0 Å². The highest BCUT2D eigenvalue weighted by Gasteiger charge is 2.22. The Kier molecular flexibility index (Phi) is 8.04. The molecule has 1 aliphatic rings. The van der Waals surface area contributed by atoms with Gasteiger partial charge in [0.15, 0.2) is 0 Å². The lowest BCUT2D eigenvalue weighted by atomic mass is 10.2. The minimum atomic E-state index is -0.200. The van der Waals surface area contributed by atoms with E-state index in [1.807, 2.05) is 18.2 Å². The molecule has 0 saturated carbocycles. The van der Waals surface area contributed by atoms with E-state index in [1.165, 1.54) is 5.56 Å². The number of pyridine rings is 1. The first-order valence-electron chi connectivity index (χ1n) is 11.9. The van der Waals surface area contributed by atoms with E-state index in [-0.39, 0.29) is 5.91 Å². The third-order valence-corrected chi connectivity index (χ3v) is 5.78. The number of nitrogens with zero attached hydrogens (tertiary/aromatic N) is 5. The zero-order valence-corrected chi connectivity index (χ0v) is 19.9. The molecule has 0 bridgehead atoms. The number of nitrogens with one attached hydrogen (secondary N) is 2. The van der Waals surface area contributed by atoms with Crippen LogP contribution in [0.2, 0.25) is 0 Å². The van der Waals surface area contributed by atoms with Crippen molar-refractivity contribution in [2.24, 2.45) is 5.92 Å². The quantitative estimate of drug-likeness (QED) is 0.508. The van der Waals surface area contributed by atoms with Crippen molar-refractivity contribution in [3.63, 3.8) is 0 Å². The highest BCUT2D eigenvalue weighted by Crippen LogP contribution is 2.19. The van der Waals surface area contributed by atoms with E-state index in [9.17, 15) is 4.79 Å². The molecule has 8 nitrogen and oxygen atoms in total. The Morgan fingerprint density at radius 1 is 1.00 bits per heavy atom. The van der Waals surface area contributed by atoms with Crippen LogP contribution in [0.5, 0.6) is 0 Å². The van der Waals surface area contributed by atoms with Crippen LogP contribution in [0.15, 0.2) is 61.1 Å². The first-order valence-corrected chi connectivity index (χ1v) is 11.9. The lowest BCUT2D eigenvalue weighted by molar-refractivity contribution is 0.0951. The second-order valence-electron chi connectivity index (χ2n) is 9.00. The van der Waals surface area contributed by atoms with Gasteiger partial charge in [0.25, 0.3) is 5.91 Å². The molecule has 2 aromatic heterocycles. The Morgan fingerprint density at radius 2 is 1.76 bits per heavy atom. The van der Waals surface area contributed by atoms with Gasteiger partial charge in [-0.15, -0.1) is 0 Å². The van der Waals surface area contributed by atoms with Gasteiger partial charge in [-0.05, 0) is 23.1 Å². The van der Waals surface area contributed by atoms with Crippen LogP contribution in [0, 0.1) is 5.92 Å². The number of amides is 1. The molecule has 3 aromatic rings. The van der Waals surface area contributed by atoms with Crippen LogP contribution in [-0.2, 0) is 13.1 Å². The van der Waals surface area contributed by atoms with Crippen LogP contribution >= 0.6 is 0 Å². The molecular formula is C26H33N7O. The summed E-state index contributed by atoms with van der Waals surface area (Å²) in [5.74, 6) is 1.46. The fourth-order valence-corrected chi connectivity index (χ4v) is 3.85. The normalized spacial score (nSPS) is 14.3. The van der Waals surface area contributed by atoms with Crippen molar-refractivity contribution < 1.29 is 4.79 Å². The van der Waals surface area contributed by atoms with Crippen LogP contribution < -0.4 is 15.5 Å². The molecule has 0 unspecified atom stereocenters. The average Bonchev–Trinajstić information content (AvgIpc) is 2.87. The maximum atomic E-state index is 12.9. The van der Waals surface area contributed by atoms with Crippen molar-refractivity contribution in [2.75, 3.05) is 42.9 Å². The lowest BCUT2D eigenvalue weighted by Gasteiger charge is -2.35. The molecule has 34 heavy (non-hydrogen) atoms. The van der Waals surface area contributed by atoms with Crippen LogP contribution in [0.3, 0.4) is 0 Å². The minimum Gasteiger partial charge on any atom is -0.369 e. The number of anilines is 2. The summed E-state index contributed by atoms with van der Waals surface area (Å²) < 4.78 is 0. The Labute approximate surface area is 201 Å². The van der Waals surface area contributed by atoms with Gasteiger partial charge in [0.2, 0.25) is 5.95 Å². The van der Waals surface area contributed by atoms with Crippen LogP contribution in [0.4, 0.5) is 11.8 Å². The standard InChI is InChI=1S/C26H33N7O/c1-20(2)15-28-24-23(25(34)29-17-22-9-6-10-27-16-22)18-30-26(31-24)33-13-11-32(12-14-33)19-21-7-4-3-5-8-21/h3-10,16,18,20H,11-15,17,19H2,1-2H3,(H,29,34)(H,28,30,31). The van der Waals surface area contributed by atoms with E-state index in [0.717, 1.165) is 44.8 Å². The number of aromatic nitrogens is 3. The molecule has 0 spiro atoms. The molecule has 1 aliphatic heterocycles. The van der Waals surface area contributed by atoms with Crippen molar-refractivity contribution in [1.82, 2.24) is 25.2 Å². The van der Waals surface area contributed by atoms with Gasteiger partial charge in [0, 0.05) is 64.4 Å². The Morgan fingerprint density at radius 3 is 2.47 bits per heavy atom. The molecule has 8 heteroatoms. The monoisotopic (exact) mass is 459 g/mol.